The number of nitrogens with zero attached hydrogens (tertiary/aromatic N) is 4. The lowest BCUT2D eigenvalue weighted by Gasteiger charge is -2.19. The molecule has 5 rings (SSSR count). The summed E-state index contributed by atoms with van der Waals surface area (Å²) in [5.74, 6) is -0.0277. The molecule has 1 amide bonds. The Labute approximate surface area is 178 Å². The van der Waals surface area contributed by atoms with Gasteiger partial charge in [0.25, 0.3) is 5.91 Å². The summed E-state index contributed by atoms with van der Waals surface area (Å²) >= 11 is 1.50. The first-order valence-corrected chi connectivity index (χ1v) is 10.9. The predicted molar refractivity (Wildman–Crippen MR) is 119 cm³/mol. The monoisotopic (exact) mass is 418 g/mol. The molecule has 2 N–H and O–H groups in total. The molecule has 0 bridgehead atoms. The molecule has 1 fully saturated rings. The molecular weight excluding hydrogens is 396 g/mol. The Bertz CT molecular complexity index is 1190. The number of pyridine rings is 1. The van der Waals surface area contributed by atoms with Crippen LogP contribution >= 0.6 is 11.3 Å². The van der Waals surface area contributed by atoms with Gasteiger partial charge in [0.1, 0.15) is 16.4 Å². The van der Waals surface area contributed by atoms with Gasteiger partial charge in [-0.25, -0.2) is 4.98 Å². The molecule has 7 nitrogen and oxygen atoms in total. The van der Waals surface area contributed by atoms with Crippen molar-refractivity contribution in [2.45, 2.75) is 13.3 Å². The standard InChI is InChI=1S/C22H22N6OS/c1-14-5-2-7-16-17(14)26-27-18(16)21-25-19(20(30-21)15-6-3-8-24-13-15)22(29)28-11-4-9-23-10-12-28/h2-3,5-8,13,23H,4,9-12H2,1H3,(H,26,27). The number of aromatic nitrogens is 4. The van der Waals surface area contributed by atoms with Crippen LogP contribution in [0.3, 0.4) is 0 Å². The van der Waals surface area contributed by atoms with Gasteiger partial charge in [-0.05, 0) is 31.5 Å². The van der Waals surface area contributed by atoms with Gasteiger partial charge in [0, 0.05) is 43.0 Å². The van der Waals surface area contributed by atoms with Crippen LogP contribution in [0, 0.1) is 6.92 Å². The van der Waals surface area contributed by atoms with Gasteiger partial charge >= 0.3 is 0 Å². The molecule has 0 spiro atoms. The van der Waals surface area contributed by atoms with Crippen LogP contribution < -0.4 is 5.32 Å². The van der Waals surface area contributed by atoms with Crippen molar-refractivity contribution in [3.8, 4) is 21.1 Å². The Morgan fingerprint density at radius 1 is 1.17 bits per heavy atom. The summed E-state index contributed by atoms with van der Waals surface area (Å²) in [4.78, 5) is 25.3. The largest absolute Gasteiger partial charge is 0.336 e. The second kappa shape index (κ2) is 7.97. The minimum absolute atomic E-state index is 0.0277. The molecule has 1 aromatic carbocycles. The SMILES string of the molecule is Cc1cccc2c(-c3nc(C(=O)N4CCCNCC4)c(-c4cccnc4)s3)[nH]nc12. The summed E-state index contributed by atoms with van der Waals surface area (Å²) < 4.78 is 0. The quantitative estimate of drug-likeness (QED) is 0.532. The molecule has 1 aliphatic heterocycles. The van der Waals surface area contributed by atoms with E-state index in [1.165, 1.54) is 11.3 Å². The number of benzene rings is 1. The number of amides is 1. The predicted octanol–water partition coefficient (Wildman–Crippen LogP) is 3.49. The van der Waals surface area contributed by atoms with Crippen molar-refractivity contribution in [2.24, 2.45) is 0 Å². The van der Waals surface area contributed by atoms with Crippen molar-refractivity contribution in [2.75, 3.05) is 26.2 Å². The Kier molecular flexibility index (Phi) is 5.02. The molecular formula is C22H22N6OS. The van der Waals surface area contributed by atoms with Gasteiger partial charge in [0.15, 0.2) is 0 Å². The number of para-hydroxylation sites is 1. The maximum Gasteiger partial charge on any atom is 0.274 e. The highest BCUT2D eigenvalue weighted by atomic mass is 32.1. The van der Waals surface area contributed by atoms with Crippen LogP contribution in [0.5, 0.6) is 0 Å². The zero-order valence-electron chi connectivity index (χ0n) is 16.7. The molecule has 30 heavy (non-hydrogen) atoms. The summed E-state index contributed by atoms with van der Waals surface area (Å²) in [6.45, 7) is 5.19. The Morgan fingerprint density at radius 2 is 2.10 bits per heavy atom. The molecule has 1 aliphatic rings. The first kappa shape index (κ1) is 18.9. The summed E-state index contributed by atoms with van der Waals surface area (Å²) in [5.41, 5.74) is 4.27. The van der Waals surface area contributed by atoms with E-state index in [-0.39, 0.29) is 5.91 Å². The third-order valence-electron chi connectivity index (χ3n) is 5.38. The number of fused-ring (bicyclic) bond motifs is 1. The molecule has 0 radical (unpaired) electrons. The van der Waals surface area contributed by atoms with E-state index in [0.717, 1.165) is 63.7 Å². The second-order valence-corrected chi connectivity index (χ2v) is 8.40. The van der Waals surface area contributed by atoms with Crippen molar-refractivity contribution >= 4 is 28.1 Å². The summed E-state index contributed by atoms with van der Waals surface area (Å²) in [7, 11) is 0. The number of H-pyrrole nitrogens is 1. The summed E-state index contributed by atoms with van der Waals surface area (Å²) in [6, 6.07) is 9.95. The third kappa shape index (κ3) is 3.38. The van der Waals surface area contributed by atoms with E-state index in [4.69, 9.17) is 4.98 Å². The van der Waals surface area contributed by atoms with Crippen LogP contribution in [-0.2, 0) is 0 Å². The molecule has 152 valence electrons. The number of thiazole rings is 1. The highest BCUT2D eigenvalue weighted by Crippen LogP contribution is 2.38. The Morgan fingerprint density at radius 3 is 2.97 bits per heavy atom. The maximum atomic E-state index is 13.4. The van der Waals surface area contributed by atoms with Gasteiger partial charge in [-0.3, -0.25) is 14.9 Å². The van der Waals surface area contributed by atoms with E-state index in [1.807, 2.05) is 42.2 Å². The molecule has 4 heterocycles. The molecule has 0 saturated carbocycles. The molecule has 1 saturated heterocycles. The van der Waals surface area contributed by atoms with Crippen LogP contribution in [0.1, 0.15) is 22.5 Å². The van der Waals surface area contributed by atoms with Crippen LogP contribution in [0.15, 0.2) is 42.7 Å². The van der Waals surface area contributed by atoms with Crippen LogP contribution in [-0.4, -0.2) is 57.2 Å². The number of hydrogen-bond donors (Lipinski definition) is 2. The van der Waals surface area contributed by atoms with Crippen LogP contribution in [0.25, 0.3) is 32.0 Å². The first-order chi connectivity index (χ1) is 14.7. The van der Waals surface area contributed by atoms with E-state index in [1.54, 1.807) is 12.4 Å². The Balaban J connectivity index is 1.63. The number of carbonyl (C=O) groups excluding carboxylic acids is 1. The minimum Gasteiger partial charge on any atom is -0.336 e. The lowest BCUT2D eigenvalue weighted by atomic mass is 10.1. The van der Waals surface area contributed by atoms with Crippen LogP contribution in [0.4, 0.5) is 0 Å². The van der Waals surface area contributed by atoms with Gasteiger partial charge in [-0.2, -0.15) is 5.10 Å². The summed E-state index contributed by atoms with van der Waals surface area (Å²) in [6.07, 6.45) is 4.46. The van der Waals surface area contributed by atoms with Crippen molar-refractivity contribution in [1.82, 2.24) is 30.4 Å². The van der Waals surface area contributed by atoms with Gasteiger partial charge < -0.3 is 10.2 Å². The van der Waals surface area contributed by atoms with Crippen molar-refractivity contribution in [3.63, 3.8) is 0 Å². The number of aromatic amines is 1. The molecule has 0 atom stereocenters. The van der Waals surface area contributed by atoms with Gasteiger partial charge in [-0.1, -0.05) is 24.3 Å². The van der Waals surface area contributed by atoms with E-state index < -0.39 is 0 Å². The molecule has 0 unspecified atom stereocenters. The van der Waals surface area contributed by atoms with E-state index >= 15 is 0 Å². The van der Waals surface area contributed by atoms with Crippen molar-refractivity contribution in [1.29, 1.82) is 0 Å². The second-order valence-electron chi connectivity index (χ2n) is 7.40. The number of nitrogens with one attached hydrogen (secondary N) is 2. The lowest BCUT2D eigenvalue weighted by Crippen LogP contribution is -2.34. The number of carbonyl (C=O) groups is 1. The zero-order valence-corrected chi connectivity index (χ0v) is 17.5. The average molecular weight is 419 g/mol. The van der Waals surface area contributed by atoms with Crippen molar-refractivity contribution in [3.05, 3.63) is 54.0 Å². The molecule has 3 aromatic heterocycles. The van der Waals surface area contributed by atoms with E-state index in [2.05, 4.69) is 20.5 Å². The summed E-state index contributed by atoms with van der Waals surface area (Å²) in [5, 5.41) is 12.7. The van der Waals surface area contributed by atoms with E-state index in [0.29, 0.717) is 12.2 Å². The minimum atomic E-state index is -0.0277. The Hall–Kier alpha value is -3.10. The van der Waals surface area contributed by atoms with Gasteiger partial charge in [0.2, 0.25) is 0 Å². The van der Waals surface area contributed by atoms with Gasteiger partial charge in [0.05, 0.1) is 10.4 Å². The molecule has 8 heteroatoms. The molecule has 0 aliphatic carbocycles. The third-order valence-corrected chi connectivity index (χ3v) is 6.50. The fraction of sp³-hybridized carbons (Fsp3) is 0.273. The topological polar surface area (TPSA) is 86.8 Å². The highest BCUT2D eigenvalue weighted by Gasteiger charge is 2.26. The smallest absolute Gasteiger partial charge is 0.274 e. The van der Waals surface area contributed by atoms with E-state index in [9.17, 15) is 4.79 Å². The normalized spacial score (nSPS) is 14.8. The van der Waals surface area contributed by atoms with Crippen LogP contribution in [0.2, 0.25) is 0 Å². The fourth-order valence-electron chi connectivity index (χ4n) is 3.81. The maximum absolute atomic E-state index is 13.4. The molecule has 4 aromatic rings. The van der Waals surface area contributed by atoms with Gasteiger partial charge in [-0.15, -0.1) is 11.3 Å². The zero-order chi connectivity index (χ0) is 20.5. The fourth-order valence-corrected chi connectivity index (χ4v) is 4.86. The number of hydrogen-bond acceptors (Lipinski definition) is 6. The van der Waals surface area contributed by atoms with Crippen molar-refractivity contribution < 1.29 is 4.79 Å². The number of rotatable bonds is 3. The average Bonchev–Trinajstić information content (AvgIpc) is 3.31. The highest BCUT2D eigenvalue weighted by molar-refractivity contribution is 7.18. The number of aryl methyl sites for hydroxylation is 1. The lowest BCUT2D eigenvalue weighted by molar-refractivity contribution is 0.0762. The first-order valence-electron chi connectivity index (χ1n) is 10.1.